The Bertz CT molecular complexity index is 325. The van der Waals surface area contributed by atoms with Gasteiger partial charge in [-0.25, -0.2) is 4.68 Å². The van der Waals surface area contributed by atoms with Gasteiger partial charge in [0.1, 0.15) is 12.7 Å². The SMILES string of the molecule is CC(C)OC1COc2c(Br)cnn2C1. The van der Waals surface area contributed by atoms with E-state index in [1.165, 1.54) is 0 Å². The van der Waals surface area contributed by atoms with Crippen LogP contribution in [-0.4, -0.2) is 28.6 Å². The van der Waals surface area contributed by atoms with Crippen molar-refractivity contribution in [1.82, 2.24) is 9.78 Å². The first-order valence-corrected chi connectivity index (χ1v) is 5.45. The summed E-state index contributed by atoms with van der Waals surface area (Å²) in [6.07, 6.45) is 2.08. The highest BCUT2D eigenvalue weighted by Crippen LogP contribution is 2.27. The average molecular weight is 261 g/mol. The van der Waals surface area contributed by atoms with Crippen molar-refractivity contribution in [1.29, 1.82) is 0 Å². The van der Waals surface area contributed by atoms with Crippen molar-refractivity contribution in [3.63, 3.8) is 0 Å². The fourth-order valence-corrected chi connectivity index (χ4v) is 1.92. The Kier molecular flexibility index (Phi) is 2.78. The van der Waals surface area contributed by atoms with Crippen molar-refractivity contribution < 1.29 is 9.47 Å². The molecule has 1 atom stereocenters. The minimum Gasteiger partial charge on any atom is -0.474 e. The van der Waals surface area contributed by atoms with Crippen molar-refractivity contribution in [2.45, 2.75) is 32.6 Å². The summed E-state index contributed by atoms with van der Waals surface area (Å²) in [6, 6.07) is 0. The number of hydrogen-bond acceptors (Lipinski definition) is 3. The van der Waals surface area contributed by atoms with Gasteiger partial charge in [0.05, 0.1) is 23.3 Å². The molecular weight excluding hydrogens is 248 g/mol. The smallest absolute Gasteiger partial charge is 0.226 e. The summed E-state index contributed by atoms with van der Waals surface area (Å²) < 4.78 is 13.9. The van der Waals surface area contributed by atoms with Crippen LogP contribution >= 0.6 is 15.9 Å². The minimum absolute atomic E-state index is 0.106. The molecule has 78 valence electrons. The zero-order chi connectivity index (χ0) is 10.1. The molecule has 0 aromatic carbocycles. The molecule has 0 radical (unpaired) electrons. The van der Waals surface area contributed by atoms with E-state index in [0.29, 0.717) is 6.61 Å². The zero-order valence-corrected chi connectivity index (χ0v) is 9.82. The highest BCUT2D eigenvalue weighted by atomic mass is 79.9. The molecule has 0 bridgehead atoms. The first-order chi connectivity index (χ1) is 6.66. The van der Waals surface area contributed by atoms with E-state index in [0.717, 1.165) is 16.9 Å². The monoisotopic (exact) mass is 260 g/mol. The second-order valence-electron chi connectivity index (χ2n) is 3.60. The molecule has 0 spiro atoms. The maximum atomic E-state index is 5.66. The van der Waals surface area contributed by atoms with Crippen LogP contribution in [0.3, 0.4) is 0 Å². The molecule has 1 aromatic rings. The van der Waals surface area contributed by atoms with Gasteiger partial charge in [-0.2, -0.15) is 5.10 Å². The molecule has 14 heavy (non-hydrogen) atoms. The summed E-state index contributed by atoms with van der Waals surface area (Å²) in [5.74, 6) is 0.800. The molecule has 0 saturated carbocycles. The van der Waals surface area contributed by atoms with Crippen LogP contribution < -0.4 is 4.74 Å². The Morgan fingerprint density at radius 1 is 1.71 bits per heavy atom. The van der Waals surface area contributed by atoms with E-state index in [1.54, 1.807) is 6.20 Å². The van der Waals surface area contributed by atoms with Crippen LogP contribution in [0, 0.1) is 0 Å². The summed E-state index contributed by atoms with van der Waals surface area (Å²) in [6.45, 7) is 5.41. The normalized spacial score (nSPS) is 20.7. The Balaban J connectivity index is 2.06. The van der Waals surface area contributed by atoms with Crippen molar-refractivity contribution in [3.8, 4) is 5.88 Å². The van der Waals surface area contributed by atoms with Gasteiger partial charge in [-0.3, -0.25) is 0 Å². The van der Waals surface area contributed by atoms with Gasteiger partial charge >= 0.3 is 0 Å². The lowest BCUT2D eigenvalue weighted by molar-refractivity contribution is -0.0438. The zero-order valence-electron chi connectivity index (χ0n) is 8.24. The van der Waals surface area contributed by atoms with Crippen LogP contribution in [0.1, 0.15) is 13.8 Å². The molecule has 1 unspecified atom stereocenters. The van der Waals surface area contributed by atoms with E-state index in [1.807, 2.05) is 18.5 Å². The third-order valence-corrected chi connectivity index (χ3v) is 2.54. The molecule has 0 aliphatic carbocycles. The summed E-state index contributed by atoms with van der Waals surface area (Å²) in [5.41, 5.74) is 0. The molecule has 4 nitrogen and oxygen atoms in total. The van der Waals surface area contributed by atoms with Gasteiger partial charge in [0.15, 0.2) is 0 Å². The number of aromatic nitrogens is 2. The Morgan fingerprint density at radius 2 is 2.50 bits per heavy atom. The van der Waals surface area contributed by atoms with Gasteiger partial charge in [0.25, 0.3) is 0 Å². The second kappa shape index (κ2) is 3.90. The number of ether oxygens (including phenoxy) is 2. The van der Waals surface area contributed by atoms with Crippen LogP contribution in [0.25, 0.3) is 0 Å². The van der Waals surface area contributed by atoms with Crippen LogP contribution in [-0.2, 0) is 11.3 Å². The van der Waals surface area contributed by atoms with E-state index < -0.39 is 0 Å². The van der Waals surface area contributed by atoms with E-state index in [-0.39, 0.29) is 12.2 Å². The minimum atomic E-state index is 0.106. The molecule has 0 saturated heterocycles. The van der Waals surface area contributed by atoms with E-state index in [2.05, 4.69) is 21.0 Å². The quantitative estimate of drug-likeness (QED) is 0.814. The summed E-state index contributed by atoms with van der Waals surface area (Å²) >= 11 is 3.37. The topological polar surface area (TPSA) is 36.3 Å². The van der Waals surface area contributed by atoms with Gasteiger partial charge in [-0.05, 0) is 29.8 Å². The van der Waals surface area contributed by atoms with Gasteiger partial charge in [0.2, 0.25) is 5.88 Å². The number of fused-ring (bicyclic) bond motifs is 1. The molecule has 1 aliphatic heterocycles. The molecule has 5 heteroatoms. The van der Waals surface area contributed by atoms with Gasteiger partial charge in [-0.1, -0.05) is 0 Å². The summed E-state index contributed by atoms with van der Waals surface area (Å²) in [4.78, 5) is 0. The molecule has 1 aliphatic rings. The summed E-state index contributed by atoms with van der Waals surface area (Å²) in [5, 5.41) is 4.18. The van der Waals surface area contributed by atoms with Crippen molar-refractivity contribution >= 4 is 15.9 Å². The molecule has 0 N–H and O–H groups in total. The van der Waals surface area contributed by atoms with Gasteiger partial charge < -0.3 is 9.47 Å². The number of rotatable bonds is 2. The third kappa shape index (κ3) is 1.93. The maximum Gasteiger partial charge on any atom is 0.226 e. The van der Waals surface area contributed by atoms with Crippen LogP contribution in [0.2, 0.25) is 0 Å². The average Bonchev–Trinajstić information content (AvgIpc) is 2.46. The third-order valence-electron chi connectivity index (χ3n) is 2.00. The molecule has 2 rings (SSSR count). The van der Waals surface area contributed by atoms with Crippen molar-refractivity contribution in [2.24, 2.45) is 0 Å². The lowest BCUT2D eigenvalue weighted by atomic mass is 10.3. The number of halogens is 1. The van der Waals surface area contributed by atoms with Crippen molar-refractivity contribution in [2.75, 3.05) is 6.61 Å². The summed E-state index contributed by atoms with van der Waals surface area (Å²) in [7, 11) is 0. The van der Waals surface area contributed by atoms with Crippen LogP contribution in [0.4, 0.5) is 0 Å². The van der Waals surface area contributed by atoms with Gasteiger partial charge in [-0.15, -0.1) is 0 Å². The second-order valence-corrected chi connectivity index (χ2v) is 4.45. The first kappa shape index (κ1) is 9.98. The van der Waals surface area contributed by atoms with E-state index in [9.17, 15) is 0 Å². The van der Waals surface area contributed by atoms with Crippen LogP contribution in [0.15, 0.2) is 10.7 Å². The highest BCUT2D eigenvalue weighted by Gasteiger charge is 2.23. The van der Waals surface area contributed by atoms with Gasteiger partial charge in [0, 0.05) is 0 Å². The molecule has 0 fully saturated rings. The largest absolute Gasteiger partial charge is 0.474 e. The molecule has 2 heterocycles. The fourth-order valence-electron chi connectivity index (χ4n) is 1.51. The molecule has 0 amide bonds. The lowest BCUT2D eigenvalue weighted by Crippen LogP contribution is -2.34. The Labute approximate surface area is 91.3 Å². The standard InChI is InChI=1S/C9H13BrN2O2/c1-6(2)14-7-4-12-9(13-5-7)8(10)3-11-12/h3,6-7H,4-5H2,1-2H3. The van der Waals surface area contributed by atoms with Crippen LogP contribution in [0.5, 0.6) is 5.88 Å². The van der Waals surface area contributed by atoms with E-state index >= 15 is 0 Å². The van der Waals surface area contributed by atoms with E-state index in [4.69, 9.17) is 9.47 Å². The Morgan fingerprint density at radius 3 is 3.21 bits per heavy atom. The predicted molar refractivity (Wildman–Crippen MR) is 55.4 cm³/mol. The van der Waals surface area contributed by atoms with Crippen molar-refractivity contribution in [3.05, 3.63) is 10.7 Å². The molecule has 1 aromatic heterocycles. The lowest BCUT2D eigenvalue weighted by Gasteiger charge is -2.25. The molecular formula is C9H13BrN2O2. The Hall–Kier alpha value is -0.550. The highest BCUT2D eigenvalue weighted by molar-refractivity contribution is 9.10. The first-order valence-electron chi connectivity index (χ1n) is 4.66. The fraction of sp³-hybridized carbons (Fsp3) is 0.667. The number of nitrogens with zero attached hydrogens (tertiary/aromatic N) is 2. The maximum absolute atomic E-state index is 5.66. The number of hydrogen-bond donors (Lipinski definition) is 0. The predicted octanol–water partition coefficient (Wildman–Crippen LogP) is 1.83.